The smallest absolute Gasteiger partial charge is 0.224 e. The zero-order valence-corrected chi connectivity index (χ0v) is 19.3. The predicted molar refractivity (Wildman–Crippen MR) is 120 cm³/mol. The van der Waals surface area contributed by atoms with E-state index in [1.165, 1.54) is 6.92 Å². The highest BCUT2D eigenvalue weighted by Crippen LogP contribution is 2.25. The Labute approximate surface area is 186 Å². The minimum Gasteiger partial charge on any atom is -0.497 e. The third-order valence-electron chi connectivity index (χ3n) is 6.25. The van der Waals surface area contributed by atoms with Crippen LogP contribution in [0.2, 0.25) is 0 Å². The Kier molecular flexibility index (Phi) is 8.32. The minimum atomic E-state index is -0.329. The van der Waals surface area contributed by atoms with Crippen LogP contribution < -0.4 is 10.1 Å². The van der Waals surface area contributed by atoms with Gasteiger partial charge in [0.1, 0.15) is 5.75 Å². The number of carbonyl (C=O) groups excluding carboxylic acids is 2. The number of ether oxygens (including phenoxy) is 2. The number of nitrogens with one attached hydrogen (secondary N) is 1. The van der Waals surface area contributed by atoms with Gasteiger partial charge >= 0.3 is 0 Å². The topological polar surface area (TPSA) is 71.1 Å². The Morgan fingerprint density at radius 3 is 2.29 bits per heavy atom. The van der Waals surface area contributed by atoms with Gasteiger partial charge in [0.15, 0.2) is 0 Å². The zero-order valence-electron chi connectivity index (χ0n) is 19.3. The van der Waals surface area contributed by atoms with Gasteiger partial charge in [-0.2, -0.15) is 0 Å². The zero-order chi connectivity index (χ0) is 22.4. The maximum Gasteiger partial charge on any atom is 0.224 e. The fourth-order valence-corrected chi connectivity index (χ4v) is 4.80. The molecule has 0 aromatic heterocycles. The van der Waals surface area contributed by atoms with Crippen LogP contribution in [0.4, 0.5) is 0 Å². The largest absolute Gasteiger partial charge is 0.497 e. The molecule has 0 aliphatic carbocycles. The lowest BCUT2D eigenvalue weighted by molar-refractivity contribution is -0.133. The summed E-state index contributed by atoms with van der Waals surface area (Å²) in [7, 11) is 1.62. The summed E-state index contributed by atoms with van der Waals surface area (Å²) in [6, 6.07) is 7.19. The van der Waals surface area contributed by atoms with Crippen LogP contribution in [0, 0.1) is 5.92 Å². The number of nitrogens with zero attached hydrogens (tertiary/aromatic N) is 2. The first-order valence-electron chi connectivity index (χ1n) is 11.4. The van der Waals surface area contributed by atoms with E-state index in [2.05, 4.69) is 24.1 Å². The molecule has 0 spiro atoms. The van der Waals surface area contributed by atoms with E-state index in [-0.39, 0.29) is 36.5 Å². The number of morpholine rings is 1. The molecule has 0 radical (unpaired) electrons. The van der Waals surface area contributed by atoms with Crippen molar-refractivity contribution in [2.45, 2.75) is 58.3 Å². The normalized spacial score (nSPS) is 23.9. The molecule has 3 atom stereocenters. The molecule has 2 aliphatic rings. The standard InChI is InChI=1S/C24H37N3O4/c1-17-14-26(15-18(2)31-17)16-20-9-11-27(12-10-20)24(29)13-23(25-19(3)28)21-5-7-22(30-4)8-6-21/h5-8,17-18,20,23H,9-16H2,1-4H3,(H,25,28). The van der Waals surface area contributed by atoms with Crippen LogP contribution in [0.1, 0.15) is 51.6 Å². The highest BCUT2D eigenvalue weighted by molar-refractivity contribution is 5.79. The quantitative estimate of drug-likeness (QED) is 0.719. The Hall–Kier alpha value is -2.12. The summed E-state index contributed by atoms with van der Waals surface area (Å²) in [5, 5.41) is 2.93. The number of hydrogen-bond acceptors (Lipinski definition) is 5. The summed E-state index contributed by atoms with van der Waals surface area (Å²) >= 11 is 0. The molecule has 3 rings (SSSR count). The van der Waals surface area contributed by atoms with Gasteiger partial charge in [0, 0.05) is 39.6 Å². The molecule has 7 heteroatoms. The summed E-state index contributed by atoms with van der Waals surface area (Å²) in [6.07, 6.45) is 2.90. The SMILES string of the molecule is COc1ccc(C(CC(=O)N2CCC(CN3CC(C)OC(C)C3)CC2)NC(C)=O)cc1. The monoisotopic (exact) mass is 431 g/mol. The molecule has 0 saturated carbocycles. The van der Waals surface area contributed by atoms with Crippen molar-refractivity contribution >= 4 is 11.8 Å². The second-order valence-corrected chi connectivity index (χ2v) is 9.03. The van der Waals surface area contributed by atoms with Crippen molar-refractivity contribution in [1.29, 1.82) is 0 Å². The average Bonchev–Trinajstić information content (AvgIpc) is 2.73. The van der Waals surface area contributed by atoms with E-state index in [4.69, 9.17) is 9.47 Å². The molecule has 31 heavy (non-hydrogen) atoms. The first-order chi connectivity index (χ1) is 14.8. The van der Waals surface area contributed by atoms with Crippen molar-refractivity contribution in [2.24, 2.45) is 5.92 Å². The van der Waals surface area contributed by atoms with E-state index in [1.807, 2.05) is 29.2 Å². The predicted octanol–water partition coefficient (Wildman–Crippen LogP) is 2.61. The Bertz CT molecular complexity index is 721. The van der Waals surface area contributed by atoms with Gasteiger partial charge in [0.25, 0.3) is 0 Å². The van der Waals surface area contributed by atoms with Gasteiger partial charge in [-0.05, 0) is 50.3 Å². The van der Waals surface area contributed by atoms with Crippen LogP contribution in [-0.2, 0) is 14.3 Å². The fourth-order valence-electron chi connectivity index (χ4n) is 4.80. The molecule has 2 amide bonds. The van der Waals surface area contributed by atoms with Crippen LogP contribution in [0.15, 0.2) is 24.3 Å². The summed E-state index contributed by atoms with van der Waals surface area (Å²) in [5.41, 5.74) is 0.912. The number of rotatable bonds is 7. The number of methoxy groups -OCH3 is 1. The van der Waals surface area contributed by atoms with Gasteiger partial charge in [-0.3, -0.25) is 14.5 Å². The minimum absolute atomic E-state index is 0.0987. The maximum atomic E-state index is 13.0. The maximum absolute atomic E-state index is 13.0. The number of amides is 2. The molecular formula is C24H37N3O4. The van der Waals surface area contributed by atoms with Gasteiger partial charge < -0.3 is 19.7 Å². The summed E-state index contributed by atoms with van der Waals surface area (Å²) in [6.45, 7) is 10.4. The third kappa shape index (κ3) is 6.94. The van der Waals surface area contributed by atoms with Crippen molar-refractivity contribution in [2.75, 3.05) is 39.8 Å². The average molecular weight is 432 g/mol. The summed E-state index contributed by atoms with van der Waals surface area (Å²) < 4.78 is 11.0. The summed E-state index contributed by atoms with van der Waals surface area (Å²) in [4.78, 5) is 29.2. The molecule has 3 unspecified atom stereocenters. The van der Waals surface area contributed by atoms with E-state index in [9.17, 15) is 9.59 Å². The van der Waals surface area contributed by atoms with Crippen LogP contribution in [-0.4, -0.2) is 73.7 Å². The number of piperidine rings is 1. The lowest BCUT2D eigenvalue weighted by Crippen LogP contribution is -2.49. The second kappa shape index (κ2) is 11.0. The highest BCUT2D eigenvalue weighted by atomic mass is 16.5. The number of likely N-dealkylation sites (tertiary alicyclic amines) is 1. The van der Waals surface area contributed by atoms with Gasteiger partial charge in [-0.15, -0.1) is 0 Å². The van der Waals surface area contributed by atoms with E-state index in [0.29, 0.717) is 5.92 Å². The fraction of sp³-hybridized carbons (Fsp3) is 0.667. The van der Waals surface area contributed by atoms with Gasteiger partial charge in [0.05, 0.1) is 31.8 Å². The lowest BCUT2D eigenvalue weighted by Gasteiger charge is -2.39. The van der Waals surface area contributed by atoms with Crippen molar-refractivity contribution in [3.8, 4) is 5.75 Å². The Morgan fingerprint density at radius 1 is 1.13 bits per heavy atom. The second-order valence-electron chi connectivity index (χ2n) is 9.03. The first kappa shape index (κ1) is 23.5. The Morgan fingerprint density at radius 2 is 1.74 bits per heavy atom. The summed E-state index contributed by atoms with van der Waals surface area (Å²) in [5.74, 6) is 1.33. The lowest BCUT2D eigenvalue weighted by atomic mass is 9.94. The van der Waals surface area contributed by atoms with Crippen LogP contribution in [0.25, 0.3) is 0 Å². The molecule has 2 saturated heterocycles. The first-order valence-corrected chi connectivity index (χ1v) is 11.4. The molecule has 1 aromatic rings. The highest BCUT2D eigenvalue weighted by Gasteiger charge is 2.29. The van der Waals surface area contributed by atoms with Crippen LogP contribution in [0.3, 0.4) is 0 Å². The van der Waals surface area contributed by atoms with Crippen LogP contribution >= 0.6 is 0 Å². The van der Waals surface area contributed by atoms with Gasteiger partial charge in [-0.25, -0.2) is 0 Å². The molecule has 172 valence electrons. The molecule has 2 aliphatic heterocycles. The van der Waals surface area contributed by atoms with Crippen molar-refractivity contribution in [3.05, 3.63) is 29.8 Å². The molecule has 0 bridgehead atoms. The molecule has 1 N–H and O–H groups in total. The van der Waals surface area contributed by atoms with E-state index in [0.717, 1.165) is 56.9 Å². The van der Waals surface area contributed by atoms with E-state index < -0.39 is 0 Å². The van der Waals surface area contributed by atoms with Crippen molar-refractivity contribution in [3.63, 3.8) is 0 Å². The number of hydrogen-bond donors (Lipinski definition) is 1. The van der Waals surface area contributed by atoms with E-state index in [1.54, 1.807) is 7.11 Å². The van der Waals surface area contributed by atoms with E-state index >= 15 is 0 Å². The van der Waals surface area contributed by atoms with Crippen molar-refractivity contribution in [1.82, 2.24) is 15.1 Å². The Balaban J connectivity index is 1.51. The number of carbonyl (C=O) groups is 2. The molecule has 2 fully saturated rings. The van der Waals surface area contributed by atoms with Crippen molar-refractivity contribution < 1.29 is 19.1 Å². The molecule has 2 heterocycles. The molecule has 1 aromatic carbocycles. The number of benzene rings is 1. The van der Waals surface area contributed by atoms with Crippen LogP contribution in [0.5, 0.6) is 5.75 Å². The van der Waals surface area contributed by atoms with Gasteiger partial charge in [-0.1, -0.05) is 12.1 Å². The van der Waals surface area contributed by atoms with Gasteiger partial charge in [0.2, 0.25) is 11.8 Å². The third-order valence-corrected chi connectivity index (χ3v) is 6.25. The molecule has 7 nitrogen and oxygen atoms in total. The molecular weight excluding hydrogens is 394 g/mol.